The van der Waals surface area contributed by atoms with Crippen molar-refractivity contribution in [2.24, 2.45) is 0 Å². The van der Waals surface area contributed by atoms with Crippen molar-refractivity contribution in [3.8, 4) is 0 Å². The maximum absolute atomic E-state index is 3.08. The SMILES string of the molecule is Cc1[c]cccc1[SeH]. The summed E-state index contributed by atoms with van der Waals surface area (Å²) in [5.74, 6) is 0. The van der Waals surface area contributed by atoms with Gasteiger partial charge < -0.3 is 0 Å². The molecule has 41 valence electrons. The molecular weight excluding hydrogens is 163 g/mol. The molecule has 0 saturated heterocycles. The first-order valence-corrected chi connectivity index (χ1v) is 3.41. The number of hydrogen-bond acceptors (Lipinski definition) is 0. The molecule has 0 spiro atoms. The van der Waals surface area contributed by atoms with Gasteiger partial charge in [0.25, 0.3) is 0 Å². The summed E-state index contributed by atoms with van der Waals surface area (Å²) < 4.78 is 1.25. The summed E-state index contributed by atoms with van der Waals surface area (Å²) in [6.45, 7) is 2.05. The molecule has 0 aliphatic rings. The Kier molecular flexibility index (Phi) is 1.72. The average molecular weight is 170 g/mol. The van der Waals surface area contributed by atoms with Crippen molar-refractivity contribution in [1.29, 1.82) is 0 Å². The first kappa shape index (κ1) is 5.87. The fourth-order valence-electron chi connectivity index (χ4n) is 0.511. The van der Waals surface area contributed by atoms with Gasteiger partial charge in [-0.2, -0.15) is 0 Å². The molecule has 0 nitrogen and oxygen atoms in total. The monoisotopic (exact) mass is 171 g/mol. The molecule has 1 aromatic rings. The Morgan fingerprint density at radius 3 is 2.75 bits per heavy atom. The summed E-state index contributed by atoms with van der Waals surface area (Å²) in [6.07, 6.45) is 0. The van der Waals surface area contributed by atoms with Gasteiger partial charge in [0, 0.05) is 0 Å². The maximum atomic E-state index is 3.08. The van der Waals surface area contributed by atoms with Crippen LogP contribution in [0.3, 0.4) is 0 Å². The van der Waals surface area contributed by atoms with Gasteiger partial charge in [-0.25, -0.2) is 0 Å². The van der Waals surface area contributed by atoms with Crippen LogP contribution in [0.2, 0.25) is 0 Å². The zero-order valence-electron chi connectivity index (χ0n) is 4.68. The molecule has 0 bridgehead atoms. The first-order valence-electron chi connectivity index (χ1n) is 2.47. The number of benzene rings is 1. The Bertz CT molecular complexity index is 160. The predicted octanol–water partition coefficient (Wildman–Crippen LogP) is 0.321. The van der Waals surface area contributed by atoms with E-state index in [9.17, 15) is 0 Å². The third kappa shape index (κ3) is 1.12. The molecule has 1 rings (SSSR count). The van der Waals surface area contributed by atoms with Crippen molar-refractivity contribution < 1.29 is 0 Å². The van der Waals surface area contributed by atoms with E-state index in [2.05, 4.69) is 28.1 Å². The van der Waals surface area contributed by atoms with Crippen molar-refractivity contribution in [2.75, 3.05) is 0 Å². The van der Waals surface area contributed by atoms with Crippen LogP contribution in [0, 0.1) is 13.0 Å². The summed E-state index contributed by atoms with van der Waals surface area (Å²) in [6, 6.07) is 9.05. The molecule has 0 fully saturated rings. The molecule has 0 unspecified atom stereocenters. The van der Waals surface area contributed by atoms with Crippen LogP contribution in [-0.4, -0.2) is 16.0 Å². The van der Waals surface area contributed by atoms with Crippen LogP contribution in [0.4, 0.5) is 0 Å². The van der Waals surface area contributed by atoms with Crippen molar-refractivity contribution in [3.63, 3.8) is 0 Å². The molecule has 0 aliphatic heterocycles. The third-order valence-electron chi connectivity index (χ3n) is 1.03. The Morgan fingerprint density at radius 1 is 1.62 bits per heavy atom. The molecular formula is C7H7Se. The van der Waals surface area contributed by atoms with Crippen molar-refractivity contribution in [2.45, 2.75) is 6.92 Å². The topological polar surface area (TPSA) is 0 Å². The molecule has 0 saturated carbocycles. The van der Waals surface area contributed by atoms with Gasteiger partial charge in [-0.15, -0.1) is 0 Å². The van der Waals surface area contributed by atoms with Crippen LogP contribution >= 0.6 is 0 Å². The number of rotatable bonds is 0. The van der Waals surface area contributed by atoms with Crippen molar-refractivity contribution in [3.05, 3.63) is 29.8 Å². The molecule has 0 heterocycles. The summed E-state index contributed by atoms with van der Waals surface area (Å²) in [5, 5.41) is 0. The molecule has 0 aliphatic carbocycles. The molecule has 0 atom stereocenters. The van der Waals surface area contributed by atoms with Crippen LogP contribution in [-0.2, 0) is 0 Å². The average Bonchev–Trinajstić information content (AvgIpc) is 1.77. The Morgan fingerprint density at radius 2 is 2.38 bits per heavy atom. The molecule has 0 aromatic heterocycles. The van der Waals surface area contributed by atoms with Crippen LogP contribution in [0.1, 0.15) is 5.56 Å². The van der Waals surface area contributed by atoms with E-state index < -0.39 is 0 Å². The van der Waals surface area contributed by atoms with E-state index in [-0.39, 0.29) is 0 Å². The normalized spacial score (nSPS) is 9.25. The molecule has 1 aromatic carbocycles. The second-order valence-electron chi connectivity index (χ2n) is 1.68. The number of aryl methyl sites for hydroxylation is 1. The standard InChI is InChI=1S/C7H7Se/c1-6-4-2-3-5-7(6)8/h2-3,5,8H,1H3. The van der Waals surface area contributed by atoms with E-state index in [0.29, 0.717) is 0 Å². The fourth-order valence-corrected chi connectivity index (χ4v) is 0.827. The third-order valence-corrected chi connectivity index (χ3v) is 2.05. The second-order valence-corrected chi connectivity index (χ2v) is 2.69. The Balaban J connectivity index is 3.13. The molecule has 8 heavy (non-hydrogen) atoms. The van der Waals surface area contributed by atoms with E-state index >= 15 is 0 Å². The summed E-state index contributed by atoms with van der Waals surface area (Å²) >= 11 is 2.51. The minimum atomic E-state index is 1.22. The van der Waals surface area contributed by atoms with Gasteiger partial charge in [0.15, 0.2) is 0 Å². The molecule has 1 radical (unpaired) electrons. The number of hydrogen-bond donors (Lipinski definition) is 0. The van der Waals surface area contributed by atoms with E-state index in [1.165, 1.54) is 10.0 Å². The van der Waals surface area contributed by atoms with Gasteiger partial charge in [-0.3, -0.25) is 0 Å². The van der Waals surface area contributed by atoms with Crippen molar-refractivity contribution in [1.82, 2.24) is 0 Å². The van der Waals surface area contributed by atoms with Gasteiger partial charge in [-0.1, -0.05) is 0 Å². The van der Waals surface area contributed by atoms with E-state index in [1.54, 1.807) is 0 Å². The zero-order chi connectivity index (χ0) is 5.98. The van der Waals surface area contributed by atoms with Crippen LogP contribution in [0.5, 0.6) is 0 Å². The van der Waals surface area contributed by atoms with Crippen molar-refractivity contribution >= 4 is 20.5 Å². The van der Waals surface area contributed by atoms with Gasteiger partial charge >= 0.3 is 57.2 Å². The molecule has 0 N–H and O–H groups in total. The Hall–Kier alpha value is -0.261. The summed E-state index contributed by atoms with van der Waals surface area (Å²) in [7, 11) is 0. The van der Waals surface area contributed by atoms with E-state index in [4.69, 9.17) is 0 Å². The molecule has 0 amide bonds. The fraction of sp³-hybridized carbons (Fsp3) is 0.143. The Labute approximate surface area is 57.7 Å². The summed E-state index contributed by atoms with van der Waals surface area (Å²) in [5.41, 5.74) is 1.22. The van der Waals surface area contributed by atoms with Gasteiger partial charge in [0.2, 0.25) is 0 Å². The second kappa shape index (κ2) is 2.34. The first-order chi connectivity index (χ1) is 3.80. The van der Waals surface area contributed by atoms with Crippen LogP contribution < -0.4 is 4.46 Å². The summed E-state index contributed by atoms with van der Waals surface area (Å²) in [4.78, 5) is 0. The van der Waals surface area contributed by atoms with Gasteiger partial charge in [-0.05, 0) is 0 Å². The van der Waals surface area contributed by atoms with E-state index in [1.807, 2.05) is 19.1 Å². The predicted molar refractivity (Wildman–Crippen MR) is 36.8 cm³/mol. The zero-order valence-corrected chi connectivity index (χ0v) is 6.56. The van der Waals surface area contributed by atoms with Crippen LogP contribution in [0.15, 0.2) is 18.2 Å². The van der Waals surface area contributed by atoms with Gasteiger partial charge in [0.1, 0.15) is 0 Å². The quantitative estimate of drug-likeness (QED) is 0.492. The van der Waals surface area contributed by atoms with Gasteiger partial charge in [0.05, 0.1) is 0 Å². The van der Waals surface area contributed by atoms with E-state index in [0.717, 1.165) is 0 Å². The van der Waals surface area contributed by atoms with Crippen LogP contribution in [0.25, 0.3) is 0 Å². The minimum absolute atomic E-state index is 1.22. The molecule has 1 heteroatoms.